The highest BCUT2D eigenvalue weighted by Crippen LogP contribution is 2.43. The number of rotatable bonds is 9. The Morgan fingerprint density at radius 3 is 2.60 bits per heavy atom. The van der Waals surface area contributed by atoms with Gasteiger partial charge in [-0.1, -0.05) is 11.2 Å². The molecule has 6 rings (SSSR count). The zero-order valence-corrected chi connectivity index (χ0v) is 23.0. The Morgan fingerprint density at radius 1 is 1.21 bits per heavy atom. The molecule has 2 N–H and O–H groups in total. The zero-order chi connectivity index (χ0) is 30.5. The summed E-state index contributed by atoms with van der Waals surface area (Å²) < 4.78 is 84.0. The molecule has 232 valence electrons. The monoisotopic (exact) mass is 612 g/mol. The van der Waals surface area contributed by atoms with Gasteiger partial charge in [0.15, 0.2) is 11.3 Å². The topological polar surface area (TPSA) is 136 Å². The zero-order valence-electron chi connectivity index (χ0n) is 23.0. The summed E-state index contributed by atoms with van der Waals surface area (Å²) in [6.45, 7) is -0.684. The number of halogens is 5. The molecule has 1 aromatic carbocycles. The fourth-order valence-electron chi connectivity index (χ4n) is 5.80. The van der Waals surface area contributed by atoms with Gasteiger partial charge in [-0.3, -0.25) is 4.79 Å². The van der Waals surface area contributed by atoms with Gasteiger partial charge in [0.2, 0.25) is 11.8 Å². The Balaban J connectivity index is 1.29. The van der Waals surface area contributed by atoms with Crippen LogP contribution in [0, 0.1) is 5.92 Å². The molecule has 0 spiro atoms. The number of benzene rings is 1. The lowest BCUT2D eigenvalue weighted by Crippen LogP contribution is -2.40. The van der Waals surface area contributed by atoms with Crippen LogP contribution in [0.2, 0.25) is 0 Å². The first kappa shape index (κ1) is 29.3. The molecule has 3 amide bonds. The van der Waals surface area contributed by atoms with E-state index in [1.165, 1.54) is 7.11 Å². The van der Waals surface area contributed by atoms with Crippen LogP contribution in [-0.4, -0.2) is 70.5 Å². The van der Waals surface area contributed by atoms with Crippen LogP contribution < -0.4 is 10.6 Å². The maximum Gasteiger partial charge on any atom is 0.410 e. The third kappa shape index (κ3) is 6.01. The fraction of sp³-hybridized carbons (Fsp3) is 0.593. The molecule has 1 aliphatic heterocycles. The van der Waals surface area contributed by atoms with E-state index in [0.29, 0.717) is 22.4 Å². The molecule has 16 heteroatoms. The summed E-state index contributed by atoms with van der Waals surface area (Å²) in [6, 6.07) is 0.0748. The molecule has 3 heterocycles. The smallest absolute Gasteiger partial charge is 0.410 e. The number of hydrogen-bond donors (Lipinski definition) is 2. The van der Waals surface area contributed by atoms with Crippen molar-refractivity contribution in [3.63, 3.8) is 0 Å². The lowest BCUT2D eigenvalue weighted by molar-refractivity contribution is -0.150. The standard InChI is InChI=1S/C27H29F5N6O5/c1-41-12-17(38-11-19(27(30,31)32)34-25(38)40)15-4-5-18-16(10-15)33-24(42-18)21(14-6-8-26(28,29)9-7-14)35-23(39)22-20(13-2-3-13)36-43-37-22/h4-5,10,13-14,17,19,21H,2-3,6-9,11-12H2,1H3,(H,34,40)(H,35,39)/t17-,19+,21+/m1/s1. The lowest BCUT2D eigenvalue weighted by atomic mass is 9.82. The van der Waals surface area contributed by atoms with E-state index >= 15 is 0 Å². The Labute approximate surface area is 241 Å². The number of carbonyl (C=O) groups excluding carboxylic acids is 2. The number of alkyl halides is 5. The molecule has 2 aliphatic carbocycles. The van der Waals surface area contributed by atoms with Crippen molar-refractivity contribution in [2.45, 2.75) is 74.7 Å². The van der Waals surface area contributed by atoms with Gasteiger partial charge in [-0.05, 0) is 54.5 Å². The molecule has 3 fully saturated rings. The van der Waals surface area contributed by atoms with Crippen molar-refractivity contribution in [1.29, 1.82) is 0 Å². The predicted octanol–water partition coefficient (Wildman–Crippen LogP) is 5.03. The van der Waals surface area contributed by atoms with Gasteiger partial charge in [-0.15, -0.1) is 0 Å². The number of fused-ring (bicyclic) bond motifs is 1. The van der Waals surface area contributed by atoms with E-state index in [0.717, 1.165) is 17.7 Å². The second kappa shape index (κ2) is 11.0. The average Bonchev–Trinajstić information content (AvgIpc) is 3.33. The van der Waals surface area contributed by atoms with E-state index in [-0.39, 0.29) is 49.8 Å². The Kier molecular flexibility index (Phi) is 7.50. The van der Waals surface area contributed by atoms with E-state index in [9.17, 15) is 31.5 Å². The van der Waals surface area contributed by atoms with Crippen molar-refractivity contribution >= 4 is 23.0 Å². The summed E-state index contributed by atoms with van der Waals surface area (Å²) in [5, 5.41) is 12.4. The number of oxazole rings is 1. The summed E-state index contributed by atoms with van der Waals surface area (Å²) in [5.41, 5.74) is 1.53. The highest BCUT2D eigenvalue weighted by Gasteiger charge is 2.49. The first-order valence-electron chi connectivity index (χ1n) is 14.0. The van der Waals surface area contributed by atoms with E-state index in [1.54, 1.807) is 18.2 Å². The number of nitrogens with zero attached hydrogens (tertiary/aromatic N) is 4. The van der Waals surface area contributed by atoms with Crippen LogP contribution in [0.4, 0.5) is 26.7 Å². The molecule has 3 aliphatic rings. The van der Waals surface area contributed by atoms with Crippen LogP contribution in [0.1, 0.15) is 84.2 Å². The Hall–Kier alpha value is -3.82. The van der Waals surface area contributed by atoms with Crippen molar-refractivity contribution in [1.82, 2.24) is 30.8 Å². The molecule has 11 nitrogen and oxygen atoms in total. The number of amides is 3. The Morgan fingerprint density at radius 2 is 1.95 bits per heavy atom. The maximum absolute atomic E-state index is 14.0. The summed E-state index contributed by atoms with van der Waals surface area (Å²) >= 11 is 0. The van der Waals surface area contributed by atoms with Crippen molar-refractivity contribution in [2.75, 3.05) is 20.3 Å². The van der Waals surface area contributed by atoms with E-state index in [4.69, 9.17) is 13.8 Å². The van der Waals surface area contributed by atoms with Gasteiger partial charge >= 0.3 is 12.2 Å². The van der Waals surface area contributed by atoms with Crippen LogP contribution >= 0.6 is 0 Å². The number of aromatic nitrogens is 3. The third-order valence-corrected chi connectivity index (χ3v) is 8.33. The molecule has 3 atom stereocenters. The van der Waals surface area contributed by atoms with Gasteiger partial charge < -0.3 is 24.7 Å². The van der Waals surface area contributed by atoms with Crippen LogP contribution in [0.3, 0.4) is 0 Å². The van der Waals surface area contributed by atoms with E-state index < -0.39 is 54.6 Å². The molecule has 2 saturated carbocycles. The van der Waals surface area contributed by atoms with Crippen LogP contribution in [-0.2, 0) is 4.74 Å². The lowest BCUT2D eigenvalue weighted by Gasteiger charge is -2.32. The number of ether oxygens (including phenoxy) is 1. The van der Waals surface area contributed by atoms with Gasteiger partial charge in [-0.2, -0.15) is 13.2 Å². The van der Waals surface area contributed by atoms with Crippen LogP contribution in [0.25, 0.3) is 11.1 Å². The average molecular weight is 613 g/mol. The van der Waals surface area contributed by atoms with Gasteiger partial charge in [-0.25, -0.2) is 23.2 Å². The third-order valence-electron chi connectivity index (χ3n) is 8.33. The van der Waals surface area contributed by atoms with Crippen molar-refractivity contribution in [2.24, 2.45) is 5.92 Å². The van der Waals surface area contributed by atoms with Crippen LogP contribution in [0.5, 0.6) is 0 Å². The summed E-state index contributed by atoms with van der Waals surface area (Å²) in [4.78, 5) is 31.4. The normalized spacial score (nSPS) is 22.5. The first-order chi connectivity index (χ1) is 20.4. The number of carbonyl (C=O) groups is 2. The van der Waals surface area contributed by atoms with Gasteiger partial charge in [0.1, 0.15) is 23.3 Å². The highest BCUT2D eigenvalue weighted by molar-refractivity contribution is 5.93. The molecular formula is C27H29F5N6O5. The van der Waals surface area contributed by atoms with Crippen molar-refractivity contribution in [3.05, 3.63) is 41.0 Å². The number of urea groups is 1. The molecule has 0 bridgehead atoms. The van der Waals surface area contributed by atoms with Crippen molar-refractivity contribution in [3.8, 4) is 0 Å². The first-order valence-corrected chi connectivity index (χ1v) is 14.0. The molecule has 0 unspecified atom stereocenters. The van der Waals surface area contributed by atoms with Gasteiger partial charge in [0.05, 0.1) is 19.2 Å². The molecule has 2 aromatic heterocycles. The van der Waals surface area contributed by atoms with Gasteiger partial charge in [0, 0.05) is 25.9 Å². The second-order valence-corrected chi connectivity index (χ2v) is 11.4. The number of hydrogen-bond acceptors (Lipinski definition) is 8. The largest absolute Gasteiger partial charge is 0.438 e. The fourth-order valence-corrected chi connectivity index (χ4v) is 5.80. The summed E-state index contributed by atoms with van der Waals surface area (Å²) in [7, 11) is 1.37. The SMILES string of the molecule is COC[C@H](c1ccc2oc([C@@H](NC(=O)c3nonc3C3CC3)C3CCC(F)(F)CC3)nc2c1)N1C[C@@H](C(F)(F)F)NC1=O. The molecular weight excluding hydrogens is 583 g/mol. The quantitative estimate of drug-likeness (QED) is 0.322. The number of methoxy groups -OCH3 is 1. The molecule has 3 aromatic rings. The van der Waals surface area contributed by atoms with E-state index in [2.05, 4.69) is 20.6 Å². The van der Waals surface area contributed by atoms with Crippen molar-refractivity contribution < 1.29 is 45.3 Å². The molecule has 43 heavy (non-hydrogen) atoms. The maximum atomic E-state index is 14.0. The number of nitrogens with one attached hydrogen (secondary N) is 2. The molecule has 0 radical (unpaired) electrons. The van der Waals surface area contributed by atoms with Crippen LogP contribution in [0.15, 0.2) is 27.2 Å². The minimum atomic E-state index is -4.61. The minimum Gasteiger partial charge on any atom is -0.438 e. The Bertz CT molecular complexity index is 1490. The highest BCUT2D eigenvalue weighted by atomic mass is 19.4. The van der Waals surface area contributed by atoms with E-state index in [1.807, 2.05) is 5.32 Å². The summed E-state index contributed by atoms with van der Waals surface area (Å²) in [6.07, 6.45) is -3.42. The summed E-state index contributed by atoms with van der Waals surface area (Å²) in [5.74, 6) is -3.66. The second-order valence-electron chi connectivity index (χ2n) is 11.4. The molecule has 1 saturated heterocycles. The van der Waals surface area contributed by atoms with Gasteiger partial charge in [0.25, 0.3) is 5.91 Å². The predicted molar refractivity (Wildman–Crippen MR) is 137 cm³/mol. The minimum absolute atomic E-state index is 0.0236.